The molecule has 0 spiro atoms. The Bertz CT molecular complexity index is 817. The van der Waals surface area contributed by atoms with Gasteiger partial charge in [0.15, 0.2) is 0 Å². The summed E-state index contributed by atoms with van der Waals surface area (Å²) < 4.78 is 50.9. The second-order valence-electron chi connectivity index (χ2n) is 7.13. The van der Waals surface area contributed by atoms with Crippen LogP contribution in [-0.4, -0.2) is 43.8 Å². The van der Waals surface area contributed by atoms with Gasteiger partial charge in [-0.3, -0.25) is 4.90 Å². The Labute approximate surface area is 186 Å². The number of hydrogen-bond acceptors (Lipinski definition) is 4. The predicted octanol–water partition coefficient (Wildman–Crippen LogP) is 4.47. The number of fused-ring (bicyclic) bond motifs is 1. The number of ether oxygens (including phenoxy) is 2. The van der Waals surface area contributed by atoms with Crippen LogP contribution in [-0.2, 0) is 17.5 Å². The number of piperazine rings is 1. The Hall–Kier alpha value is -1.51. The minimum Gasteiger partial charge on any atom is -0.490 e. The van der Waals surface area contributed by atoms with Crippen LogP contribution in [0.5, 0.6) is 5.75 Å². The predicted molar refractivity (Wildman–Crippen MR) is 114 cm³/mol. The highest BCUT2D eigenvalue weighted by Crippen LogP contribution is 2.38. The molecule has 1 N–H and O–H groups in total. The lowest BCUT2D eigenvalue weighted by Crippen LogP contribution is -2.51. The smallest absolute Gasteiger partial charge is 0.416 e. The summed E-state index contributed by atoms with van der Waals surface area (Å²) in [6, 6.07) is 13.2. The average molecular weight is 465 g/mol. The van der Waals surface area contributed by atoms with E-state index >= 15 is 0 Å². The van der Waals surface area contributed by atoms with Gasteiger partial charge in [0.05, 0.1) is 18.2 Å². The molecule has 1 saturated heterocycles. The quantitative estimate of drug-likeness (QED) is 0.723. The van der Waals surface area contributed by atoms with Crippen LogP contribution >= 0.6 is 24.8 Å². The molecule has 2 atom stereocenters. The SMILES string of the molecule is Cl.Cl.FC(F)(F)c1cccc(CO[C@H]2COc3ccccc3[C@@H]2N2CCNCC2)c1. The van der Waals surface area contributed by atoms with Crippen molar-refractivity contribution < 1.29 is 22.6 Å². The largest absolute Gasteiger partial charge is 0.490 e. The van der Waals surface area contributed by atoms with E-state index in [9.17, 15) is 13.2 Å². The van der Waals surface area contributed by atoms with E-state index in [1.165, 1.54) is 6.07 Å². The summed E-state index contributed by atoms with van der Waals surface area (Å²) in [4.78, 5) is 2.37. The van der Waals surface area contributed by atoms with Crippen molar-refractivity contribution >= 4 is 24.8 Å². The fraction of sp³-hybridized carbons (Fsp3) is 0.429. The topological polar surface area (TPSA) is 33.7 Å². The van der Waals surface area contributed by atoms with E-state index in [2.05, 4.69) is 10.2 Å². The number of benzene rings is 2. The number of rotatable bonds is 4. The van der Waals surface area contributed by atoms with Crippen molar-refractivity contribution in [2.24, 2.45) is 0 Å². The third-order valence-electron chi connectivity index (χ3n) is 5.26. The number of para-hydroxylation sites is 1. The number of nitrogens with zero attached hydrogens (tertiary/aromatic N) is 1. The summed E-state index contributed by atoms with van der Waals surface area (Å²) in [5, 5.41) is 3.35. The van der Waals surface area contributed by atoms with Crippen LogP contribution < -0.4 is 10.1 Å². The second kappa shape index (κ2) is 10.7. The summed E-state index contributed by atoms with van der Waals surface area (Å²) in [6.07, 6.45) is -4.60. The summed E-state index contributed by atoms with van der Waals surface area (Å²) in [5.41, 5.74) is 0.926. The van der Waals surface area contributed by atoms with Gasteiger partial charge in [0, 0.05) is 31.7 Å². The average Bonchev–Trinajstić information content (AvgIpc) is 2.72. The molecule has 2 aliphatic rings. The molecule has 0 amide bonds. The van der Waals surface area contributed by atoms with E-state index in [-0.39, 0.29) is 43.6 Å². The van der Waals surface area contributed by atoms with Crippen molar-refractivity contribution in [1.29, 1.82) is 0 Å². The molecule has 2 heterocycles. The van der Waals surface area contributed by atoms with Crippen molar-refractivity contribution in [2.45, 2.75) is 24.9 Å². The van der Waals surface area contributed by atoms with Gasteiger partial charge in [0.2, 0.25) is 0 Å². The Morgan fingerprint density at radius 3 is 2.50 bits per heavy atom. The summed E-state index contributed by atoms with van der Waals surface area (Å²) in [7, 11) is 0. The van der Waals surface area contributed by atoms with Crippen molar-refractivity contribution in [3.05, 3.63) is 65.2 Å². The standard InChI is InChI=1S/C21H23F3N2O2.2ClH/c22-21(23,24)16-5-3-4-15(12-16)13-27-19-14-28-18-7-2-1-6-17(18)20(19)26-10-8-25-9-11-26;;/h1-7,12,19-20,25H,8-11,13-14H2;2*1H/t19-,20-;;/m0../s1. The number of alkyl halides is 3. The molecular formula is C21H25Cl2F3N2O2. The molecule has 1 fully saturated rings. The Kier molecular flexibility index (Phi) is 8.82. The molecule has 0 aliphatic carbocycles. The molecule has 166 valence electrons. The van der Waals surface area contributed by atoms with E-state index < -0.39 is 11.7 Å². The highest BCUT2D eigenvalue weighted by atomic mass is 35.5. The first-order valence-electron chi connectivity index (χ1n) is 9.46. The van der Waals surface area contributed by atoms with Crippen LogP contribution in [0, 0.1) is 0 Å². The van der Waals surface area contributed by atoms with Gasteiger partial charge in [-0.2, -0.15) is 13.2 Å². The van der Waals surface area contributed by atoms with E-state index in [1.54, 1.807) is 6.07 Å². The minimum absolute atomic E-state index is 0. The Morgan fingerprint density at radius 2 is 1.77 bits per heavy atom. The Balaban J connectivity index is 0.00000160. The maximum absolute atomic E-state index is 13.0. The van der Waals surface area contributed by atoms with Crippen LogP contribution in [0.4, 0.5) is 13.2 Å². The second-order valence-corrected chi connectivity index (χ2v) is 7.13. The molecule has 0 bridgehead atoms. The maximum atomic E-state index is 13.0. The van der Waals surface area contributed by atoms with Gasteiger partial charge in [-0.1, -0.05) is 30.3 Å². The van der Waals surface area contributed by atoms with E-state index in [1.807, 2.05) is 24.3 Å². The third kappa shape index (κ3) is 5.59. The molecule has 2 aliphatic heterocycles. The molecule has 30 heavy (non-hydrogen) atoms. The monoisotopic (exact) mass is 464 g/mol. The molecule has 0 saturated carbocycles. The lowest BCUT2D eigenvalue weighted by atomic mass is 9.95. The van der Waals surface area contributed by atoms with Crippen LogP contribution in [0.1, 0.15) is 22.7 Å². The molecule has 4 nitrogen and oxygen atoms in total. The first-order valence-corrected chi connectivity index (χ1v) is 9.46. The lowest BCUT2D eigenvalue weighted by molar-refractivity contribution is -0.137. The first-order chi connectivity index (χ1) is 13.5. The molecular weight excluding hydrogens is 440 g/mol. The van der Waals surface area contributed by atoms with Crippen LogP contribution in [0.25, 0.3) is 0 Å². The zero-order valence-corrected chi connectivity index (χ0v) is 17.9. The molecule has 2 aromatic carbocycles. The van der Waals surface area contributed by atoms with Gasteiger partial charge in [0.1, 0.15) is 18.5 Å². The van der Waals surface area contributed by atoms with Gasteiger partial charge >= 0.3 is 6.18 Å². The highest BCUT2D eigenvalue weighted by Gasteiger charge is 2.36. The Morgan fingerprint density at radius 1 is 1.03 bits per heavy atom. The molecule has 0 aromatic heterocycles. The zero-order valence-electron chi connectivity index (χ0n) is 16.2. The van der Waals surface area contributed by atoms with Crippen molar-refractivity contribution in [3.8, 4) is 5.75 Å². The summed E-state index contributed by atoms with van der Waals surface area (Å²) >= 11 is 0. The first kappa shape index (κ1) is 24.8. The third-order valence-corrected chi connectivity index (χ3v) is 5.26. The van der Waals surface area contributed by atoms with Crippen molar-refractivity contribution in [3.63, 3.8) is 0 Å². The summed E-state index contributed by atoms with van der Waals surface area (Å²) in [5.74, 6) is 0.852. The molecule has 9 heteroatoms. The molecule has 0 unspecified atom stereocenters. The fourth-order valence-corrected chi connectivity index (χ4v) is 3.89. The zero-order chi connectivity index (χ0) is 19.6. The van der Waals surface area contributed by atoms with Gasteiger partial charge in [-0.25, -0.2) is 0 Å². The molecule has 2 aromatic rings. The number of halogens is 5. The maximum Gasteiger partial charge on any atom is 0.416 e. The van der Waals surface area contributed by atoms with Gasteiger partial charge in [-0.05, 0) is 23.8 Å². The van der Waals surface area contributed by atoms with Crippen LogP contribution in [0.15, 0.2) is 48.5 Å². The normalized spacial score (nSPS) is 21.6. The molecule has 0 radical (unpaired) electrons. The lowest BCUT2D eigenvalue weighted by Gasteiger charge is -2.42. The molecule has 4 rings (SSSR count). The number of nitrogens with one attached hydrogen (secondary N) is 1. The summed E-state index contributed by atoms with van der Waals surface area (Å²) in [6.45, 7) is 4.08. The highest BCUT2D eigenvalue weighted by molar-refractivity contribution is 5.85. The van der Waals surface area contributed by atoms with Gasteiger partial charge in [0.25, 0.3) is 0 Å². The van der Waals surface area contributed by atoms with E-state index in [0.29, 0.717) is 12.2 Å². The van der Waals surface area contributed by atoms with E-state index in [0.717, 1.165) is 49.6 Å². The van der Waals surface area contributed by atoms with Gasteiger partial charge in [-0.15, -0.1) is 24.8 Å². The van der Waals surface area contributed by atoms with Crippen LogP contribution in [0.2, 0.25) is 0 Å². The van der Waals surface area contributed by atoms with E-state index in [4.69, 9.17) is 9.47 Å². The van der Waals surface area contributed by atoms with Gasteiger partial charge < -0.3 is 14.8 Å². The van der Waals surface area contributed by atoms with Crippen LogP contribution in [0.3, 0.4) is 0 Å². The van der Waals surface area contributed by atoms with Crippen molar-refractivity contribution in [1.82, 2.24) is 10.2 Å². The minimum atomic E-state index is -4.35. The number of hydrogen-bond donors (Lipinski definition) is 1. The fourth-order valence-electron chi connectivity index (χ4n) is 3.89. The van der Waals surface area contributed by atoms with Crippen molar-refractivity contribution in [2.75, 3.05) is 32.8 Å².